The third-order valence-corrected chi connectivity index (χ3v) is 6.67. The van der Waals surface area contributed by atoms with Crippen LogP contribution >= 0.6 is 0 Å². The van der Waals surface area contributed by atoms with Crippen molar-refractivity contribution in [1.29, 1.82) is 0 Å². The van der Waals surface area contributed by atoms with Gasteiger partial charge in [-0.3, -0.25) is 4.98 Å². The minimum Gasteiger partial charge on any atom is -0.486 e. The summed E-state index contributed by atoms with van der Waals surface area (Å²) in [4.78, 5) is 13.9. The van der Waals surface area contributed by atoms with Crippen molar-refractivity contribution in [3.63, 3.8) is 0 Å². The topological polar surface area (TPSA) is 92.3 Å². The lowest BCUT2D eigenvalue weighted by atomic mass is 9.85. The van der Waals surface area contributed by atoms with Crippen molar-refractivity contribution in [2.45, 2.75) is 26.4 Å². The maximum atomic E-state index is 6.45. The Morgan fingerprint density at radius 1 is 0.921 bits per heavy atom. The van der Waals surface area contributed by atoms with E-state index in [0.29, 0.717) is 23.2 Å². The van der Waals surface area contributed by atoms with Crippen LogP contribution in [-0.2, 0) is 6.61 Å². The van der Waals surface area contributed by atoms with Crippen molar-refractivity contribution in [1.82, 2.24) is 34.3 Å². The average molecular weight is 502 g/mol. The molecule has 4 aromatic heterocycles. The maximum Gasteiger partial charge on any atom is 0.230 e. The summed E-state index contributed by atoms with van der Waals surface area (Å²) in [6.45, 7) is 4.27. The van der Waals surface area contributed by atoms with E-state index in [1.807, 2.05) is 85.4 Å². The molecule has 0 aliphatic carbocycles. The van der Waals surface area contributed by atoms with Gasteiger partial charge in [0.2, 0.25) is 11.8 Å². The molecule has 0 N–H and O–H groups in total. The Balaban J connectivity index is 1.36. The summed E-state index contributed by atoms with van der Waals surface area (Å²) >= 11 is 0. The molecule has 0 saturated heterocycles. The number of benzene rings is 2. The second kappa shape index (κ2) is 8.81. The minimum absolute atomic E-state index is 0.230. The summed E-state index contributed by atoms with van der Waals surface area (Å²) < 4.78 is 15.9. The molecule has 9 nitrogen and oxygen atoms in total. The van der Waals surface area contributed by atoms with Crippen LogP contribution in [0.25, 0.3) is 11.3 Å². The minimum atomic E-state index is -0.244. The van der Waals surface area contributed by atoms with E-state index in [4.69, 9.17) is 19.6 Å². The van der Waals surface area contributed by atoms with E-state index < -0.39 is 0 Å². The first kappa shape index (κ1) is 22.2. The van der Waals surface area contributed by atoms with Crippen molar-refractivity contribution in [3.05, 3.63) is 119 Å². The van der Waals surface area contributed by atoms with Crippen LogP contribution in [0.15, 0.2) is 85.5 Å². The van der Waals surface area contributed by atoms with Gasteiger partial charge in [-0.15, -0.1) is 5.10 Å². The van der Waals surface area contributed by atoms with Crippen LogP contribution in [0.1, 0.15) is 39.7 Å². The Bertz CT molecular complexity index is 1760. The third kappa shape index (κ3) is 3.67. The van der Waals surface area contributed by atoms with E-state index >= 15 is 0 Å². The fourth-order valence-corrected chi connectivity index (χ4v) is 4.89. The SMILES string of the molecule is Cc1ccc(OCc2nc3c4c(ncn3n2)Oc2c(c(C)nn2-c2ccccc2)[C@@H]4c2cccnc2)cc1. The summed E-state index contributed by atoms with van der Waals surface area (Å²) in [6.07, 6.45) is 5.25. The van der Waals surface area contributed by atoms with Crippen LogP contribution in [0.5, 0.6) is 17.5 Å². The van der Waals surface area contributed by atoms with Gasteiger partial charge in [-0.2, -0.15) is 5.10 Å². The summed E-state index contributed by atoms with van der Waals surface area (Å²) in [5, 5.41) is 9.50. The Labute approximate surface area is 218 Å². The first-order valence-electron chi connectivity index (χ1n) is 12.3. The van der Waals surface area contributed by atoms with Crippen molar-refractivity contribution < 1.29 is 9.47 Å². The molecule has 5 heterocycles. The van der Waals surface area contributed by atoms with Gasteiger partial charge in [-0.1, -0.05) is 42.0 Å². The van der Waals surface area contributed by atoms with Crippen LogP contribution in [0.2, 0.25) is 0 Å². The highest BCUT2D eigenvalue weighted by atomic mass is 16.5. The van der Waals surface area contributed by atoms with Gasteiger partial charge in [0.25, 0.3) is 0 Å². The van der Waals surface area contributed by atoms with Gasteiger partial charge in [0, 0.05) is 12.4 Å². The van der Waals surface area contributed by atoms with E-state index in [-0.39, 0.29) is 12.5 Å². The molecule has 0 bridgehead atoms. The van der Waals surface area contributed by atoms with Crippen molar-refractivity contribution in [2.24, 2.45) is 0 Å². The monoisotopic (exact) mass is 501 g/mol. The van der Waals surface area contributed by atoms with E-state index in [1.165, 1.54) is 5.56 Å². The predicted octanol–water partition coefficient (Wildman–Crippen LogP) is 5.19. The largest absolute Gasteiger partial charge is 0.486 e. The summed E-state index contributed by atoms with van der Waals surface area (Å²) in [7, 11) is 0. The van der Waals surface area contributed by atoms with Gasteiger partial charge in [0.15, 0.2) is 11.5 Å². The van der Waals surface area contributed by atoms with Gasteiger partial charge in [-0.05, 0) is 49.7 Å². The molecule has 1 aliphatic rings. The van der Waals surface area contributed by atoms with Gasteiger partial charge in [0.05, 0.1) is 28.4 Å². The number of pyridine rings is 1. The number of fused-ring (bicyclic) bond motifs is 4. The molecule has 7 rings (SSSR count). The Hall–Kier alpha value is -5.05. The lowest BCUT2D eigenvalue weighted by molar-refractivity contribution is 0.296. The van der Waals surface area contributed by atoms with Gasteiger partial charge in [-0.25, -0.2) is 19.2 Å². The predicted molar refractivity (Wildman–Crippen MR) is 140 cm³/mol. The fraction of sp³-hybridized carbons (Fsp3) is 0.138. The number of nitrogens with zero attached hydrogens (tertiary/aromatic N) is 7. The van der Waals surface area contributed by atoms with E-state index in [9.17, 15) is 0 Å². The standard InChI is InChI=1S/C29H23N7O2/c1-18-10-12-22(13-11-18)37-16-23-32-27-26-25(20-7-6-14-30-15-20)24-19(2)33-36(21-8-4-3-5-9-21)29(24)38-28(26)31-17-35(27)34-23/h3-15,17,25H,16H2,1-2H3/t25-/m0/s1. The second-order valence-corrected chi connectivity index (χ2v) is 9.23. The molecule has 1 atom stereocenters. The Morgan fingerprint density at radius 2 is 1.76 bits per heavy atom. The highest BCUT2D eigenvalue weighted by molar-refractivity contribution is 5.66. The van der Waals surface area contributed by atoms with Crippen LogP contribution in [0.4, 0.5) is 0 Å². The van der Waals surface area contributed by atoms with Crippen LogP contribution in [0, 0.1) is 13.8 Å². The average Bonchev–Trinajstić information content (AvgIpc) is 3.53. The third-order valence-electron chi connectivity index (χ3n) is 6.67. The molecule has 0 amide bonds. The molecule has 0 unspecified atom stereocenters. The molecule has 9 heteroatoms. The molecule has 1 aliphatic heterocycles. The Morgan fingerprint density at radius 3 is 2.55 bits per heavy atom. The molecule has 0 spiro atoms. The zero-order valence-electron chi connectivity index (χ0n) is 20.8. The number of aryl methyl sites for hydroxylation is 2. The number of aromatic nitrogens is 7. The number of rotatable bonds is 5. The molecule has 6 aromatic rings. The van der Waals surface area contributed by atoms with E-state index in [1.54, 1.807) is 17.0 Å². The number of hydrogen-bond acceptors (Lipinski definition) is 7. The number of para-hydroxylation sites is 1. The first-order chi connectivity index (χ1) is 18.7. The maximum absolute atomic E-state index is 6.45. The van der Waals surface area contributed by atoms with Crippen LogP contribution < -0.4 is 9.47 Å². The molecule has 0 fully saturated rings. The summed E-state index contributed by atoms with van der Waals surface area (Å²) in [5.41, 5.74) is 6.35. The lowest BCUT2D eigenvalue weighted by Gasteiger charge is -2.26. The van der Waals surface area contributed by atoms with Gasteiger partial charge in [0.1, 0.15) is 18.7 Å². The molecule has 38 heavy (non-hydrogen) atoms. The molecule has 0 radical (unpaired) electrons. The molecule has 2 aromatic carbocycles. The normalized spacial score (nSPS) is 14.1. The highest BCUT2D eigenvalue weighted by Crippen LogP contribution is 2.49. The van der Waals surface area contributed by atoms with Gasteiger partial charge < -0.3 is 9.47 Å². The molecule has 186 valence electrons. The van der Waals surface area contributed by atoms with Crippen LogP contribution in [-0.4, -0.2) is 34.3 Å². The van der Waals surface area contributed by atoms with Crippen LogP contribution in [0.3, 0.4) is 0 Å². The summed E-state index contributed by atoms with van der Waals surface area (Å²) in [5.74, 6) is 2.17. The lowest BCUT2D eigenvalue weighted by Crippen LogP contribution is -2.16. The number of hydrogen-bond donors (Lipinski definition) is 0. The number of ether oxygens (including phenoxy) is 2. The Kier molecular flexibility index (Phi) is 5.14. The second-order valence-electron chi connectivity index (χ2n) is 9.23. The van der Waals surface area contributed by atoms with Crippen molar-refractivity contribution in [2.75, 3.05) is 0 Å². The summed E-state index contributed by atoms with van der Waals surface area (Å²) in [6, 6.07) is 21.8. The smallest absolute Gasteiger partial charge is 0.230 e. The van der Waals surface area contributed by atoms with E-state index in [0.717, 1.165) is 33.8 Å². The van der Waals surface area contributed by atoms with Crippen molar-refractivity contribution >= 4 is 5.65 Å². The van der Waals surface area contributed by atoms with E-state index in [2.05, 4.69) is 21.1 Å². The van der Waals surface area contributed by atoms with Crippen molar-refractivity contribution in [3.8, 4) is 23.2 Å². The fourth-order valence-electron chi connectivity index (χ4n) is 4.89. The molecular formula is C29H23N7O2. The molecule has 0 saturated carbocycles. The zero-order chi connectivity index (χ0) is 25.6. The zero-order valence-corrected chi connectivity index (χ0v) is 20.8. The van der Waals surface area contributed by atoms with Gasteiger partial charge >= 0.3 is 0 Å². The quantitative estimate of drug-likeness (QED) is 0.321. The molecular weight excluding hydrogens is 478 g/mol. The highest BCUT2D eigenvalue weighted by Gasteiger charge is 2.38. The first-order valence-corrected chi connectivity index (χ1v) is 12.3.